The number of hydrogen-bond acceptors (Lipinski definition) is 8. The molecule has 0 spiro atoms. The molecule has 1 aliphatic heterocycles. The normalized spacial score (nSPS) is 15.8. The average Bonchev–Trinajstić information content (AvgIpc) is 3.45. The van der Waals surface area contributed by atoms with Gasteiger partial charge in [0.05, 0.1) is 44.3 Å². The number of thiazole rings is 1. The molecule has 0 radical (unpaired) electrons. The van der Waals surface area contributed by atoms with Crippen LogP contribution < -0.4 is 4.90 Å². The van der Waals surface area contributed by atoms with Gasteiger partial charge in [-0.2, -0.15) is 0 Å². The van der Waals surface area contributed by atoms with Crippen LogP contribution in [0.25, 0.3) is 10.2 Å². The van der Waals surface area contributed by atoms with E-state index in [4.69, 9.17) is 9.72 Å². The third-order valence-electron chi connectivity index (χ3n) is 5.52. The van der Waals surface area contributed by atoms with Crippen LogP contribution in [-0.4, -0.2) is 40.0 Å². The zero-order valence-corrected chi connectivity index (χ0v) is 18.9. The van der Waals surface area contributed by atoms with Gasteiger partial charge in [0.1, 0.15) is 0 Å². The van der Waals surface area contributed by atoms with Gasteiger partial charge in [-0.1, -0.05) is 37.3 Å². The Labute approximate surface area is 193 Å². The molecule has 2 aromatic carbocycles. The SMILES string of the molecule is CC(C)c1cccc2sc(N(CC3CCCO3)C(=O)c3cc([N+](=O)[O-])cc([N+](=O)[O-])c3)nc12. The summed E-state index contributed by atoms with van der Waals surface area (Å²) in [5.41, 5.74) is 0.664. The Morgan fingerprint density at radius 1 is 1.21 bits per heavy atom. The Balaban J connectivity index is 1.81. The van der Waals surface area contributed by atoms with Crippen molar-refractivity contribution in [3.05, 3.63) is 67.8 Å². The first-order valence-electron chi connectivity index (χ1n) is 10.5. The Kier molecular flexibility index (Phi) is 6.34. The number of rotatable bonds is 7. The number of carbonyl (C=O) groups excluding carboxylic acids is 1. The summed E-state index contributed by atoms with van der Waals surface area (Å²) in [7, 11) is 0. The molecule has 1 atom stereocenters. The quantitative estimate of drug-likeness (QED) is 0.348. The fourth-order valence-corrected chi connectivity index (χ4v) is 4.87. The number of para-hydroxylation sites is 1. The lowest BCUT2D eigenvalue weighted by Crippen LogP contribution is -2.37. The van der Waals surface area contributed by atoms with Crippen LogP contribution in [0, 0.1) is 20.2 Å². The molecule has 0 aliphatic carbocycles. The third kappa shape index (κ3) is 4.69. The summed E-state index contributed by atoms with van der Waals surface area (Å²) >= 11 is 1.33. The van der Waals surface area contributed by atoms with E-state index < -0.39 is 27.1 Å². The number of anilines is 1. The van der Waals surface area contributed by atoms with Crippen molar-refractivity contribution in [3.8, 4) is 0 Å². The van der Waals surface area contributed by atoms with Crippen LogP contribution in [0.5, 0.6) is 0 Å². The predicted octanol–water partition coefficient (Wildman–Crippen LogP) is 5.06. The highest BCUT2D eigenvalue weighted by Gasteiger charge is 2.30. The summed E-state index contributed by atoms with van der Waals surface area (Å²) in [5.74, 6) is -0.368. The first-order chi connectivity index (χ1) is 15.7. The van der Waals surface area contributed by atoms with Crippen LogP contribution in [0.15, 0.2) is 36.4 Å². The van der Waals surface area contributed by atoms with Crippen LogP contribution in [0.1, 0.15) is 48.5 Å². The molecule has 4 rings (SSSR count). The minimum Gasteiger partial charge on any atom is -0.376 e. The molecule has 0 N–H and O–H groups in total. The van der Waals surface area contributed by atoms with Gasteiger partial charge in [-0.3, -0.25) is 29.9 Å². The van der Waals surface area contributed by atoms with Crippen molar-refractivity contribution >= 4 is 44.0 Å². The summed E-state index contributed by atoms with van der Waals surface area (Å²) < 4.78 is 6.63. The highest BCUT2D eigenvalue weighted by atomic mass is 32.1. The molecule has 0 bridgehead atoms. The largest absolute Gasteiger partial charge is 0.376 e. The van der Waals surface area contributed by atoms with Gasteiger partial charge in [-0.15, -0.1) is 0 Å². The van der Waals surface area contributed by atoms with Crippen molar-refractivity contribution in [1.82, 2.24) is 4.98 Å². The number of benzene rings is 2. The molecule has 1 unspecified atom stereocenters. The number of nitrogens with zero attached hydrogens (tertiary/aromatic N) is 4. The number of fused-ring (bicyclic) bond motifs is 1. The first-order valence-corrected chi connectivity index (χ1v) is 11.3. The summed E-state index contributed by atoms with van der Waals surface area (Å²) in [5, 5.41) is 23.1. The summed E-state index contributed by atoms with van der Waals surface area (Å²) in [6.07, 6.45) is 1.42. The predicted molar refractivity (Wildman–Crippen MR) is 124 cm³/mol. The molecule has 1 saturated heterocycles. The molecule has 11 heteroatoms. The maximum Gasteiger partial charge on any atom is 0.277 e. The number of hydrogen-bond donors (Lipinski definition) is 0. The molecule has 10 nitrogen and oxygen atoms in total. The molecule has 33 heavy (non-hydrogen) atoms. The topological polar surface area (TPSA) is 129 Å². The zero-order chi connectivity index (χ0) is 23.7. The number of aromatic nitrogens is 1. The second kappa shape index (κ2) is 9.20. The van der Waals surface area contributed by atoms with Crippen molar-refractivity contribution < 1.29 is 19.4 Å². The fourth-order valence-electron chi connectivity index (χ4n) is 3.86. The molecule has 0 saturated carbocycles. The van der Waals surface area contributed by atoms with Crippen molar-refractivity contribution in [2.75, 3.05) is 18.1 Å². The Morgan fingerprint density at radius 3 is 2.48 bits per heavy atom. The Hall–Kier alpha value is -3.44. The van der Waals surface area contributed by atoms with Crippen molar-refractivity contribution in [1.29, 1.82) is 0 Å². The summed E-state index contributed by atoms with van der Waals surface area (Å²) in [6, 6.07) is 8.82. The first kappa shape index (κ1) is 22.7. The molecular formula is C22H22N4O6S. The Morgan fingerprint density at radius 2 is 1.91 bits per heavy atom. The van der Waals surface area contributed by atoms with Gasteiger partial charge in [-0.25, -0.2) is 4.98 Å². The molecule has 1 aliphatic rings. The highest BCUT2D eigenvalue weighted by Crippen LogP contribution is 2.35. The number of ether oxygens (including phenoxy) is 1. The third-order valence-corrected chi connectivity index (χ3v) is 6.56. The number of carbonyl (C=O) groups is 1. The average molecular weight is 471 g/mol. The molecule has 1 amide bonds. The molecule has 1 fully saturated rings. The van der Waals surface area contributed by atoms with E-state index in [1.807, 2.05) is 18.2 Å². The van der Waals surface area contributed by atoms with Crippen LogP contribution in [0.3, 0.4) is 0 Å². The van der Waals surface area contributed by atoms with Gasteiger partial charge in [0.15, 0.2) is 5.13 Å². The maximum atomic E-state index is 13.6. The number of amides is 1. The second-order valence-electron chi connectivity index (χ2n) is 8.15. The monoisotopic (exact) mass is 470 g/mol. The van der Waals surface area contributed by atoms with Gasteiger partial charge in [0, 0.05) is 18.7 Å². The van der Waals surface area contributed by atoms with Gasteiger partial charge in [-0.05, 0) is 30.4 Å². The Bertz CT molecular complexity index is 1200. The van der Waals surface area contributed by atoms with Crippen molar-refractivity contribution in [3.63, 3.8) is 0 Å². The lowest BCUT2D eigenvalue weighted by molar-refractivity contribution is -0.394. The summed E-state index contributed by atoms with van der Waals surface area (Å²) in [6.45, 7) is 4.91. The van der Waals surface area contributed by atoms with Gasteiger partial charge >= 0.3 is 0 Å². The minimum atomic E-state index is -0.749. The molecule has 3 aromatic rings. The molecule has 1 aromatic heterocycles. The van der Waals surface area contributed by atoms with E-state index in [-0.39, 0.29) is 24.1 Å². The van der Waals surface area contributed by atoms with E-state index in [9.17, 15) is 25.0 Å². The van der Waals surface area contributed by atoms with E-state index in [1.54, 1.807) is 0 Å². The van der Waals surface area contributed by atoms with Gasteiger partial charge < -0.3 is 4.74 Å². The van der Waals surface area contributed by atoms with Crippen LogP contribution >= 0.6 is 11.3 Å². The maximum absolute atomic E-state index is 13.6. The van der Waals surface area contributed by atoms with Gasteiger partial charge in [0.2, 0.25) is 0 Å². The van der Waals surface area contributed by atoms with E-state index in [0.29, 0.717) is 11.7 Å². The van der Waals surface area contributed by atoms with Gasteiger partial charge in [0.25, 0.3) is 17.3 Å². The van der Waals surface area contributed by atoms with E-state index in [2.05, 4.69) is 13.8 Å². The van der Waals surface area contributed by atoms with Crippen molar-refractivity contribution in [2.45, 2.75) is 38.7 Å². The zero-order valence-electron chi connectivity index (χ0n) is 18.1. The van der Waals surface area contributed by atoms with E-state index in [1.165, 1.54) is 16.2 Å². The fraction of sp³-hybridized carbons (Fsp3) is 0.364. The number of nitro groups is 2. The number of nitro benzene ring substituents is 2. The lowest BCUT2D eigenvalue weighted by Gasteiger charge is -2.23. The standard InChI is InChI=1S/C22H22N4O6S/c1-13(2)18-6-3-7-19-20(18)23-22(33-19)24(12-17-5-4-8-32-17)21(27)14-9-15(25(28)29)11-16(10-14)26(30)31/h3,6-7,9-11,13,17H,4-5,8,12H2,1-2H3. The second-order valence-corrected chi connectivity index (χ2v) is 9.16. The minimum absolute atomic E-state index is 0.141. The van der Waals surface area contributed by atoms with Crippen molar-refractivity contribution in [2.24, 2.45) is 0 Å². The summed E-state index contributed by atoms with van der Waals surface area (Å²) in [4.78, 5) is 40.9. The van der Waals surface area contributed by atoms with Crippen LogP contribution in [0.4, 0.5) is 16.5 Å². The van der Waals surface area contributed by atoms with E-state index >= 15 is 0 Å². The number of non-ortho nitro benzene ring substituents is 2. The smallest absolute Gasteiger partial charge is 0.277 e. The van der Waals surface area contributed by atoms with E-state index in [0.717, 1.165) is 46.8 Å². The lowest BCUT2D eigenvalue weighted by atomic mass is 10.0. The van der Waals surface area contributed by atoms with Crippen LogP contribution in [0.2, 0.25) is 0 Å². The molecule has 2 heterocycles. The highest BCUT2D eigenvalue weighted by molar-refractivity contribution is 7.22. The molecular weight excluding hydrogens is 448 g/mol. The van der Waals surface area contributed by atoms with Crippen LogP contribution in [-0.2, 0) is 4.74 Å². The molecule has 172 valence electrons.